The molecule has 4 rings (SSSR count). The molecule has 4 aromatic rings. The van der Waals surface area contributed by atoms with Crippen LogP contribution in [-0.2, 0) is 9.47 Å². The van der Waals surface area contributed by atoms with Crippen LogP contribution in [0.1, 0.15) is 72.9 Å². The highest BCUT2D eigenvalue weighted by Crippen LogP contribution is 2.30. The number of aromatic nitrogens is 2. The lowest BCUT2D eigenvalue weighted by atomic mass is 10.1. The topological polar surface area (TPSA) is 111 Å². The normalized spacial score (nSPS) is 11.5. The Morgan fingerprint density at radius 2 is 1.43 bits per heavy atom. The van der Waals surface area contributed by atoms with Crippen molar-refractivity contribution < 1.29 is 23.6 Å². The molecule has 0 aliphatic heterocycles. The highest BCUT2D eigenvalue weighted by Gasteiger charge is 2.28. The first-order valence-corrected chi connectivity index (χ1v) is 15.2. The molecule has 1 aromatic heterocycles. The molecule has 3 N–H and O–H groups in total. The summed E-state index contributed by atoms with van der Waals surface area (Å²) in [5.41, 5.74) is 11.6. The van der Waals surface area contributed by atoms with Crippen LogP contribution in [0, 0.1) is 13.8 Å². The molecule has 0 fully saturated rings. The largest absolute Gasteiger partial charge is 0.444 e. The highest BCUT2D eigenvalue weighted by molar-refractivity contribution is 5.94. The van der Waals surface area contributed by atoms with Crippen LogP contribution in [0.15, 0.2) is 54.6 Å². The summed E-state index contributed by atoms with van der Waals surface area (Å²) in [6.07, 6.45) is -0.349. The molecular weight excluding hydrogens is 554 g/mol. The van der Waals surface area contributed by atoms with Gasteiger partial charge in [-0.15, -0.1) is 4.57 Å². The Bertz CT molecular complexity index is 1620. The first kappa shape index (κ1) is 34.3. The molecule has 2 amide bonds. The number of nitrogens with zero attached hydrogens (tertiary/aromatic N) is 3. The molecule has 0 spiro atoms. The van der Waals surface area contributed by atoms with Crippen molar-refractivity contribution >= 4 is 45.6 Å². The molecule has 0 bridgehead atoms. The van der Waals surface area contributed by atoms with Crippen LogP contribution in [0.3, 0.4) is 0 Å². The Labute approximate surface area is 261 Å². The van der Waals surface area contributed by atoms with Gasteiger partial charge in [0.25, 0.3) is 0 Å². The maximum atomic E-state index is 13.4. The third kappa shape index (κ3) is 8.44. The summed E-state index contributed by atoms with van der Waals surface area (Å²) in [4.78, 5) is 32.7. The average molecular weight is 603 g/mol. The number of anilines is 2. The smallest absolute Gasteiger partial charge is 0.414 e. The SMILES string of the molecule is CC.Cc1cc2nc3cc(C)c(N(CCCN)C(=O)OC(C)(C)C)cc3[n+](-c3ccccc3)c2cc1NC(=O)OC(C)(C)C. The number of nitrogens with one attached hydrogen (secondary N) is 1. The van der Waals surface area contributed by atoms with Crippen LogP contribution < -0.4 is 20.5 Å². The van der Waals surface area contributed by atoms with Crippen LogP contribution in [0.2, 0.25) is 0 Å². The number of hydrogen-bond acceptors (Lipinski definition) is 6. The Kier molecular flexibility index (Phi) is 10.9. The second-order valence-corrected chi connectivity index (χ2v) is 12.5. The van der Waals surface area contributed by atoms with Crippen molar-refractivity contribution in [2.24, 2.45) is 5.73 Å². The maximum absolute atomic E-state index is 13.4. The first-order chi connectivity index (χ1) is 20.7. The van der Waals surface area contributed by atoms with Gasteiger partial charge >= 0.3 is 12.2 Å². The summed E-state index contributed by atoms with van der Waals surface area (Å²) in [7, 11) is 0. The predicted molar refractivity (Wildman–Crippen MR) is 179 cm³/mol. The van der Waals surface area contributed by atoms with Gasteiger partial charge in [0, 0.05) is 30.8 Å². The summed E-state index contributed by atoms with van der Waals surface area (Å²) in [5.74, 6) is 0. The molecule has 0 saturated heterocycles. The van der Waals surface area contributed by atoms with Gasteiger partial charge in [-0.1, -0.05) is 32.0 Å². The van der Waals surface area contributed by atoms with Gasteiger partial charge in [0.2, 0.25) is 16.7 Å². The average Bonchev–Trinajstić information content (AvgIpc) is 2.92. The summed E-state index contributed by atoms with van der Waals surface area (Å²) in [6, 6.07) is 17.8. The van der Waals surface area contributed by atoms with Gasteiger partial charge in [-0.3, -0.25) is 10.2 Å². The molecular formula is C35H48N5O4+. The van der Waals surface area contributed by atoms with Crippen molar-refractivity contribution in [3.05, 3.63) is 65.7 Å². The number of aryl methyl sites for hydroxylation is 2. The Hall–Kier alpha value is -4.24. The lowest BCUT2D eigenvalue weighted by Crippen LogP contribution is -2.39. The van der Waals surface area contributed by atoms with Crippen molar-refractivity contribution in [2.75, 3.05) is 23.3 Å². The number of nitrogens with two attached hydrogens (primary N) is 1. The molecule has 0 radical (unpaired) electrons. The third-order valence-corrected chi connectivity index (χ3v) is 6.48. The van der Waals surface area contributed by atoms with Crippen LogP contribution in [0.4, 0.5) is 21.0 Å². The van der Waals surface area contributed by atoms with E-state index in [2.05, 4.69) is 9.88 Å². The fraction of sp³-hybridized carbons (Fsp3) is 0.429. The number of fused-ring (bicyclic) bond motifs is 2. The van der Waals surface area contributed by atoms with E-state index in [9.17, 15) is 9.59 Å². The zero-order valence-electron chi connectivity index (χ0n) is 27.9. The fourth-order valence-corrected chi connectivity index (χ4v) is 4.72. The molecule has 0 unspecified atom stereocenters. The van der Waals surface area contributed by atoms with Crippen LogP contribution >= 0.6 is 0 Å². The van der Waals surface area contributed by atoms with E-state index in [0.717, 1.165) is 44.6 Å². The molecule has 9 nitrogen and oxygen atoms in total. The number of benzene rings is 3. The van der Waals surface area contributed by atoms with Crippen LogP contribution in [0.25, 0.3) is 27.8 Å². The number of para-hydroxylation sites is 1. The maximum Gasteiger partial charge on any atom is 0.414 e. The number of carbonyl (C=O) groups excluding carboxylic acids is 2. The van der Waals surface area contributed by atoms with Gasteiger partial charge < -0.3 is 15.2 Å². The Balaban J connectivity index is 0.00000259. The van der Waals surface area contributed by atoms with Gasteiger partial charge in [0.15, 0.2) is 0 Å². The van der Waals surface area contributed by atoms with Gasteiger partial charge in [0.1, 0.15) is 22.2 Å². The molecule has 9 heteroatoms. The fourth-order valence-electron chi connectivity index (χ4n) is 4.72. The minimum Gasteiger partial charge on any atom is -0.444 e. The Morgan fingerprint density at radius 3 is 2.00 bits per heavy atom. The molecule has 44 heavy (non-hydrogen) atoms. The van der Waals surface area contributed by atoms with E-state index in [0.29, 0.717) is 25.2 Å². The van der Waals surface area contributed by atoms with E-state index in [-0.39, 0.29) is 0 Å². The summed E-state index contributed by atoms with van der Waals surface area (Å²) in [6.45, 7) is 19.8. The van der Waals surface area contributed by atoms with Crippen molar-refractivity contribution in [1.82, 2.24) is 4.98 Å². The minimum atomic E-state index is -0.653. The predicted octanol–water partition coefficient (Wildman–Crippen LogP) is 7.75. The van der Waals surface area contributed by atoms with E-state index in [4.69, 9.17) is 20.2 Å². The summed E-state index contributed by atoms with van der Waals surface area (Å²) >= 11 is 0. The number of rotatable bonds is 6. The van der Waals surface area contributed by atoms with Crippen molar-refractivity contribution in [3.8, 4) is 5.69 Å². The molecule has 0 aliphatic carbocycles. The van der Waals surface area contributed by atoms with E-state index < -0.39 is 23.4 Å². The first-order valence-electron chi connectivity index (χ1n) is 15.2. The molecule has 236 valence electrons. The van der Waals surface area contributed by atoms with Crippen LogP contribution in [-0.4, -0.2) is 41.5 Å². The Morgan fingerprint density at radius 1 is 0.864 bits per heavy atom. The summed E-state index contributed by atoms with van der Waals surface area (Å²) < 4.78 is 13.4. The zero-order valence-corrected chi connectivity index (χ0v) is 27.9. The second kappa shape index (κ2) is 14.0. The monoisotopic (exact) mass is 602 g/mol. The van der Waals surface area contributed by atoms with E-state index in [1.807, 2.05) is 124 Å². The quantitative estimate of drug-likeness (QED) is 0.172. The molecule has 0 aliphatic rings. The third-order valence-electron chi connectivity index (χ3n) is 6.48. The van der Waals surface area contributed by atoms with Crippen molar-refractivity contribution in [2.45, 2.75) is 86.9 Å². The molecule has 0 saturated carbocycles. The van der Waals surface area contributed by atoms with E-state index in [1.165, 1.54) is 0 Å². The van der Waals surface area contributed by atoms with Crippen molar-refractivity contribution in [3.63, 3.8) is 0 Å². The van der Waals surface area contributed by atoms with Gasteiger partial charge in [-0.2, -0.15) is 0 Å². The molecule has 1 heterocycles. The summed E-state index contributed by atoms with van der Waals surface area (Å²) in [5, 5.41) is 2.90. The number of ether oxygens (including phenoxy) is 2. The van der Waals surface area contributed by atoms with Crippen molar-refractivity contribution in [1.29, 1.82) is 0 Å². The highest BCUT2D eigenvalue weighted by atomic mass is 16.6. The lowest BCUT2D eigenvalue weighted by molar-refractivity contribution is -0.538. The van der Waals surface area contributed by atoms with Gasteiger partial charge in [-0.25, -0.2) is 14.6 Å². The molecule has 3 aromatic carbocycles. The minimum absolute atomic E-state index is 0.410. The zero-order chi connectivity index (χ0) is 32.8. The van der Waals surface area contributed by atoms with Gasteiger partial charge in [0.05, 0.1) is 11.4 Å². The number of hydrogen-bond donors (Lipinski definition) is 2. The number of carbonyl (C=O) groups is 2. The standard InChI is InChI=1S/C33H41N5O4.C2H6/c1-21-17-25-28(19-24(21)36-30(39)41-32(3,4)5)38(23-13-10-9-11-14-23)29-20-27(22(2)18-26(29)35-25)37(16-12-15-34)31(40)42-33(6,7)8;1-2/h9-11,13-14,17-20H,12,15-16,34H2,1-8H3;1-2H3/p+1. The lowest BCUT2D eigenvalue weighted by Gasteiger charge is -2.28. The number of amides is 2. The second-order valence-electron chi connectivity index (χ2n) is 12.5. The van der Waals surface area contributed by atoms with Gasteiger partial charge in [-0.05, 0) is 91.6 Å². The molecule has 0 atom stereocenters. The van der Waals surface area contributed by atoms with E-state index in [1.54, 1.807) is 4.90 Å². The van der Waals surface area contributed by atoms with Crippen LogP contribution in [0.5, 0.6) is 0 Å². The van der Waals surface area contributed by atoms with E-state index >= 15 is 0 Å².